The second-order valence-corrected chi connectivity index (χ2v) is 8.02. The van der Waals surface area contributed by atoms with Crippen molar-refractivity contribution in [2.45, 2.75) is 19.3 Å². The van der Waals surface area contributed by atoms with E-state index >= 15 is 0 Å². The Morgan fingerprint density at radius 1 is 1.09 bits per heavy atom. The first kappa shape index (κ1) is 21.6. The maximum Gasteiger partial charge on any atom is 0.257 e. The number of rotatable bonds is 6. The Bertz CT molecular complexity index is 1090. The smallest absolute Gasteiger partial charge is 0.257 e. The van der Waals surface area contributed by atoms with E-state index in [4.69, 9.17) is 9.84 Å². The molecule has 4 rings (SSSR count). The van der Waals surface area contributed by atoms with Crippen LogP contribution in [0.4, 0.5) is 0 Å². The molecule has 2 heterocycles. The second kappa shape index (κ2) is 9.68. The molecule has 0 unspecified atom stereocenters. The zero-order chi connectivity index (χ0) is 22.5. The lowest BCUT2D eigenvalue weighted by atomic mass is 9.92. The number of carbonyl (C=O) groups is 2. The molecular weight excluding hydrogens is 404 g/mol. The first-order chi connectivity index (χ1) is 15.6. The number of ether oxygens (including phenoxy) is 1. The Labute approximate surface area is 188 Å². The van der Waals surface area contributed by atoms with Crippen molar-refractivity contribution in [2.75, 3.05) is 27.2 Å². The van der Waals surface area contributed by atoms with Crippen molar-refractivity contribution >= 4 is 11.8 Å². The molecule has 1 fully saturated rings. The fourth-order valence-electron chi connectivity index (χ4n) is 4.10. The van der Waals surface area contributed by atoms with Crippen LogP contribution in [-0.2, 0) is 4.79 Å². The number of para-hydroxylation sites is 1. The lowest BCUT2D eigenvalue weighted by molar-refractivity contribution is -0.121. The predicted octanol–water partition coefficient (Wildman–Crippen LogP) is 3.54. The van der Waals surface area contributed by atoms with Gasteiger partial charge >= 0.3 is 0 Å². The quantitative estimate of drug-likeness (QED) is 0.647. The maximum atomic E-state index is 13.5. The lowest BCUT2D eigenvalue weighted by Gasteiger charge is -2.31. The number of piperidine rings is 1. The van der Waals surface area contributed by atoms with Crippen LogP contribution >= 0.6 is 0 Å². The molecule has 7 nitrogen and oxygen atoms in total. The van der Waals surface area contributed by atoms with Crippen LogP contribution < -0.4 is 10.1 Å². The molecule has 0 spiro atoms. The number of nitrogens with one attached hydrogen (secondary N) is 1. The highest BCUT2D eigenvalue weighted by atomic mass is 16.5. The fraction of sp³-hybridized carbons (Fsp3) is 0.320. The average molecular weight is 433 g/mol. The van der Waals surface area contributed by atoms with Gasteiger partial charge in [0.2, 0.25) is 5.91 Å². The zero-order valence-corrected chi connectivity index (χ0v) is 18.5. The van der Waals surface area contributed by atoms with E-state index in [1.165, 1.54) is 0 Å². The van der Waals surface area contributed by atoms with Gasteiger partial charge in [-0.05, 0) is 43.0 Å². The van der Waals surface area contributed by atoms with Gasteiger partial charge in [0.1, 0.15) is 11.4 Å². The Morgan fingerprint density at radius 3 is 2.53 bits per heavy atom. The van der Waals surface area contributed by atoms with E-state index in [1.54, 1.807) is 18.8 Å². The number of likely N-dealkylation sites (tertiary alicyclic amines) is 1. The van der Waals surface area contributed by atoms with E-state index in [2.05, 4.69) is 5.32 Å². The monoisotopic (exact) mass is 432 g/mol. The van der Waals surface area contributed by atoms with Gasteiger partial charge in [0.15, 0.2) is 0 Å². The summed E-state index contributed by atoms with van der Waals surface area (Å²) in [6.45, 7) is 1.27. The molecule has 0 radical (unpaired) electrons. The van der Waals surface area contributed by atoms with Crippen LogP contribution in [0.15, 0.2) is 60.8 Å². The average Bonchev–Trinajstić information content (AvgIpc) is 3.30. The van der Waals surface area contributed by atoms with E-state index in [9.17, 15) is 9.59 Å². The molecule has 0 bridgehead atoms. The molecular formula is C25H28N4O3. The van der Waals surface area contributed by atoms with E-state index in [0.717, 1.165) is 24.1 Å². The largest absolute Gasteiger partial charge is 0.497 e. The molecule has 3 aromatic rings. The fourth-order valence-corrected chi connectivity index (χ4v) is 4.10. The molecule has 0 atom stereocenters. The summed E-state index contributed by atoms with van der Waals surface area (Å²) in [6, 6.07) is 17.4. The van der Waals surface area contributed by atoms with Crippen molar-refractivity contribution in [2.24, 2.45) is 5.92 Å². The predicted molar refractivity (Wildman–Crippen MR) is 123 cm³/mol. The minimum Gasteiger partial charge on any atom is -0.497 e. The summed E-state index contributed by atoms with van der Waals surface area (Å²) in [5.41, 5.74) is 2.91. The van der Waals surface area contributed by atoms with Crippen LogP contribution in [0.2, 0.25) is 0 Å². The molecule has 1 aliphatic rings. The molecule has 0 aliphatic carbocycles. The number of benzene rings is 2. The Morgan fingerprint density at radius 2 is 1.84 bits per heavy atom. The van der Waals surface area contributed by atoms with Gasteiger partial charge in [0.25, 0.3) is 5.91 Å². The zero-order valence-electron chi connectivity index (χ0n) is 18.5. The minimum atomic E-state index is -0.0385. The van der Waals surface area contributed by atoms with Crippen LogP contribution in [0.1, 0.15) is 29.6 Å². The van der Waals surface area contributed by atoms with Crippen molar-refractivity contribution in [3.05, 3.63) is 66.4 Å². The summed E-state index contributed by atoms with van der Waals surface area (Å²) in [6.07, 6.45) is 3.96. The van der Waals surface area contributed by atoms with Crippen molar-refractivity contribution in [1.29, 1.82) is 0 Å². The molecule has 2 aromatic carbocycles. The summed E-state index contributed by atoms with van der Waals surface area (Å²) in [7, 11) is 3.28. The van der Waals surface area contributed by atoms with Crippen LogP contribution in [0.25, 0.3) is 16.9 Å². The SMILES string of the molecule is CNC(=O)CC1CCN(C(=O)c2cn(-c3ccccc3)nc2-c2cccc(OC)c2)CC1. The molecule has 1 saturated heterocycles. The van der Waals surface area contributed by atoms with Crippen molar-refractivity contribution in [1.82, 2.24) is 20.0 Å². The third kappa shape index (κ3) is 4.66. The van der Waals surface area contributed by atoms with E-state index in [1.807, 2.05) is 65.7 Å². The van der Waals surface area contributed by atoms with Gasteiger partial charge in [-0.1, -0.05) is 30.3 Å². The summed E-state index contributed by atoms with van der Waals surface area (Å²) in [5, 5.41) is 7.45. The molecule has 0 saturated carbocycles. The molecule has 1 aromatic heterocycles. The third-order valence-corrected chi connectivity index (χ3v) is 5.96. The van der Waals surface area contributed by atoms with Gasteiger partial charge in [-0.2, -0.15) is 5.10 Å². The lowest BCUT2D eigenvalue weighted by Crippen LogP contribution is -2.39. The summed E-state index contributed by atoms with van der Waals surface area (Å²) >= 11 is 0. The highest BCUT2D eigenvalue weighted by Gasteiger charge is 2.28. The van der Waals surface area contributed by atoms with Crippen molar-refractivity contribution in [3.8, 4) is 22.7 Å². The van der Waals surface area contributed by atoms with E-state index < -0.39 is 0 Å². The van der Waals surface area contributed by atoms with Crippen LogP contribution in [-0.4, -0.2) is 53.7 Å². The van der Waals surface area contributed by atoms with Crippen molar-refractivity contribution in [3.63, 3.8) is 0 Å². The maximum absolute atomic E-state index is 13.5. The summed E-state index contributed by atoms with van der Waals surface area (Å²) < 4.78 is 7.12. The van der Waals surface area contributed by atoms with Crippen molar-refractivity contribution < 1.29 is 14.3 Å². The first-order valence-electron chi connectivity index (χ1n) is 10.9. The number of nitrogens with zero attached hydrogens (tertiary/aromatic N) is 3. The molecule has 32 heavy (non-hydrogen) atoms. The number of hydrogen-bond acceptors (Lipinski definition) is 4. The highest BCUT2D eigenvalue weighted by Crippen LogP contribution is 2.29. The summed E-state index contributed by atoms with van der Waals surface area (Å²) in [5.74, 6) is 1.04. The van der Waals surface area contributed by atoms with Gasteiger partial charge in [0.05, 0.1) is 18.4 Å². The van der Waals surface area contributed by atoms with Gasteiger partial charge in [-0.3, -0.25) is 9.59 Å². The summed E-state index contributed by atoms with van der Waals surface area (Å²) in [4.78, 5) is 27.1. The van der Waals surface area contributed by atoms with Gasteiger partial charge < -0.3 is 15.0 Å². The third-order valence-electron chi connectivity index (χ3n) is 5.96. The van der Waals surface area contributed by atoms with Gasteiger partial charge in [-0.15, -0.1) is 0 Å². The van der Waals surface area contributed by atoms with Crippen LogP contribution in [0.3, 0.4) is 0 Å². The number of carbonyl (C=O) groups excluding carboxylic acids is 2. The number of amides is 2. The Kier molecular flexibility index (Phi) is 6.54. The topological polar surface area (TPSA) is 76.5 Å². The Balaban J connectivity index is 1.63. The second-order valence-electron chi connectivity index (χ2n) is 8.02. The number of methoxy groups -OCH3 is 1. The molecule has 166 valence electrons. The standard InChI is InChI=1S/C25H28N4O3/c1-26-23(30)15-18-11-13-28(14-12-18)25(31)22-17-29(20-8-4-3-5-9-20)27-24(22)19-7-6-10-21(16-19)32-2/h3-10,16-18H,11-15H2,1-2H3,(H,26,30). The number of aromatic nitrogens is 2. The molecule has 2 amide bonds. The molecule has 1 N–H and O–H groups in total. The molecule has 7 heteroatoms. The molecule has 1 aliphatic heterocycles. The van der Waals surface area contributed by atoms with Crippen LogP contribution in [0.5, 0.6) is 5.75 Å². The van der Waals surface area contributed by atoms with E-state index in [0.29, 0.717) is 42.4 Å². The highest BCUT2D eigenvalue weighted by molar-refractivity contribution is 6.00. The number of hydrogen-bond donors (Lipinski definition) is 1. The van der Waals surface area contributed by atoms with Gasteiger partial charge in [0, 0.05) is 38.3 Å². The minimum absolute atomic E-state index is 0.0385. The Hall–Kier alpha value is -3.61. The first-order valence-corrected chi connectivity index (χ1v) is 10.9. The normalized spacial score (nSPS) is 14.2. The van der Waals surface area contributed by atoms with Crippen LogP contribution in [0, 0.1) is 5.92 Å². The van der Waals surface area contributed by atoms with E-state index in [-0.39, 0.29) is 11.8 Å². The van der Waals surface area contributed by atoms with Gasteiger partial charge in [-0.25, -0.2) is 4.68 Å².